The summed E-state index contributed by atoms with van der Waals surface area (Å²) < 4.78 is 5.52. The van der Waals surface area contributed by atoms with Gasteiger partial charge >= 0.3 is 5.97 Å². The summed E-state index contributed by atoms with van der Waals surface area (Å²) in [5.74, 6) is -0.0885. The molecule has 0 radical (unpaired) electrons. The highest BCUT2D eigenvalue weighted by Crippen LogP contribution is 2.33. The molecule has 0 bridgehead atoms. The second-order valence-corrected chi connectivity index (χ2v) is 6.86. The molecule has 2 aromatic carbocycles. The molecule has 31 heavy (non-hydrogen) atoms. The summed E-state index contributed by atoms with van der Waals surface area (Å²) >= 11 is 0. The van der Waals surface area contributed by atoms with E-state index in [1.807, 2.05) is 30.3 Å². The van der Waals surface area contributed by atoms with Crippen molar-refractivity contribution in [2.45, 2.75) is 32.2 Å². The molecule has 0 saturated carbocycles. The highest BCUT2D eigenvalue weighted by atomic mass is 35.5. The SMILES string of the molecule is C=CCc1ccc(OC(=O)C(C)N)c(-c2ccc(C(=O)CCN)c(CC=C)c2)c1.Cl.Cl. The van der Waals surface area contributed by atoms with Gasteiger partial charge in [-0.3, -0.25) is 4.79 Å². The fraction of sp³-hybridized carbons (Fsp3) is 0.250. The lowest BCUT2D eigenvalue weighted by molar-refractivity contribution is -0.135. The molecular formula is C24H30Cl2N2O3. The van der Waals surface area contributed by atoms with Crippen LogP contribution in [0.25, 0.3) is 11.1 Å². The fourth-order valence-electron chi connectivity index (χ4n) is 3.01. The summed E-state index contributed by atoms with van der Waals surface area (Å²) in [7, 11) is 0. The monoisotopic (exact) mass is 464 g/mol. The normalized spacial score (nSPS) is 10.8. The Morgan fingerprint density at radius 2 is 1.74 bits per heavy atom. The van der Waals surface area contributed by atoms with E-state index in [0.717, 1.165) is 22.3 Å². The van der Waals surface area contributed by atoms with Crippen LogP contribution in [0.3, 0.4) is 0 Å². The zero-order chi connectivity index (χ0) is 21.4. The first-order chi connectivity index (χ1) is 13.9. The van der Waals surface area contributed by atoms with Crippen molar-refractivity contribution in [2.24, 2.45) is 11.5 Å². The van der Waals surface area contributed by atoms with Crippen molar-refractivity contribution in [1.82, 2.24) is 0 Å². The van der Waals surface area contributed by atoms with E-state index in [-0.39, 0.29) is 37.0 Å². The predicted molar refractivity (Wildman–Crippen MR) is 131 cm³/mol. The van der Waals surface area contributed by atoms with Gasteiger partial charge in [0.2, 0.25) is 0 Å². The maximum absolute atomic E-state index is 12.4. The first kappa shape index (κ1) is 28.6. The van der Waals surface area contributed by atoms with Crippen molar-refractivity contribution in [3.8, 4) is 16.9 Å². The van der Waals surface area contributed by atoms with Gasteiger partial charge in [-0.25, -0.2) is 4.79 Å². The number of Topliss-reactive ketones (excluding diaryl/α,β-unsaturated/α-hetero) is 1. The van der Waals surface area contributed by atoms with Gasteiger partial charge in [0.05, 0.1) is 0 Å². The lowest BCUT2D eigenvalue weighted by Gasteiger charge is -2.15. The van der Waals surface area contributed by atoms with Crippen LogP contribution in [-0.4, -0.2) is 24.3 Å². The topological polar surface area (TPSA) is 95.4 Å². The number of esters is 1. The summed E-state index contributed by atoms with van der Waals surface area (Å²) in [6, 6.07) is 10.5. The van der Waals surface area contributed by atoms with Gasteiger partial charge in [0.25, 0.3) is 0 Å². The largest absolute Gasteiger partial charge is 0.425 e. The second kappa shape index (κ2) is 13.8. The Hall–Kier alpha value is -2.44. The third kappa shape index (κ3) is 7.64. The zero-order valence-electron chi connectivity index (χ0n) is 17.6. The molecule has 168 valence electrons. The Labute approximate surface area is 196 Å². The van der Waals surface area contributed by atoms with E-state index in [1.54, 1.807) is 25.1 Å². The van der Waals surface area contributed by atoms with Gasteiger partial charge in [-0.1, -0.05) is 30.4 Å². The molecule has 0 aliphatic carbocycles. The Bertz CT molecular complexity index is 927. The van der Waals surface area contributed by atoms with Gasteiger partial charge in [0.15, 0.2) is 5.78 Å². The Balaban J connectivity index is 0.00000450. The van der Waals surface area contributed by atoms with Gasteiger partial charge < -0.3 is 16.2 Å². The van der Waals surface area contributed by atoms with Crippen molar-refractivity contribution in [3.63, 3.8) is 0 Å². The fourth-order valence-corrected chi connectivity index (χ4v) is 3.01. The van der Waals surface area contributed by atoms with E-state index >= 15 is 0 Å². The van der Waals surface area contributed by atoms with Crippen LogP contribution in [0.4, 0.5) is 0 Å². The quantitative estimate of drug-likeness (QED) is 0.234. The first-order valence-electron chi connectivity index (χ1n) is 9.59. The molecule has 0 aromatic heterocycles. The molecule has 0 amide bonds. The number of nitrogens with two attached hydrogens (primary N) is 2. The molecule has 1 unspecified atom stereocenters. The predicted octanol–water partition coefficient (Wildman–Crippen LogP) is 4.44. The van der Waals surface area contributed by atoms with Crippen LogP contribution in [-0.2, 0) is 17.6 Å². The minimum Gasteiger partial charge on any atom is -0.425 e. The van der Waals surface area contributed by atoms with Gasteiger partial charge in [0, 0.05) is 17.5 Å². The molecule has 0 heterocycles. The minimum atomic E-state index is -0.733. The van der Waals surface area contributed by atoms with E-state index in [4.69, 9.17) is 16.2 Å². The molecule has 2 rings (SSSR count). The molecule has 7 heteroatoms. The van der Waals surface area contributed by atoms with Crippen LogP contribution in [0.5, 0.6) is 5.75 Å². The molecule has 5 nitrogen and oxygen atoms in total. The van der Waals surface area contributed by atoms with Gasteiger partial charge in [-0.15, -0.1) is 38.0 Å². The first-order valence-corrected chi connectivity index (χ1v) is 9.59. The number of halogens is 2. The van der Waals surface area contributed by atoms with Crippen molar-refractivity contribution < 1.29 is 14.3 Å². The molecule has 0 aliphatic rings. The van der Waals surface area contributed by atoms with Crippen molar-refractivity contribution >= 4 is 36.6 Å². The second-order valence-electron chi connectivity index (χ2n) is 6.86. The highest BCUT2D eigenvalue weighted by molar-refractivity contribution is 5.98. The summed E-state index contributed by atoms with van der Waals surface area (Å²) in [6.07, 6.45) is 5.07. The smallest absolute Gasteiger partial charge is 0.328 e. The average molecular weight is 465 g/mol. The number of ether oxygens (including phenoxy) is 1. The van der Waals surface area contributed by atoms with Crippen LogP contribution in [0.2, 0.25) is 0 Å². The zero-order valence-corrected chi connectivity index (χ0v) is 19.3. The molecule has 2 aromatic rings. The van der Waals surface area contributed by atoms with E-state index in [9.17, 15) is 9.59 Å². The number of ketones is 1. The van der Waals surface area contributed by atoms with Crippen LogP contribution >= 0.6 is 24.8 Å². The standard InChI is InChI=1S/C24H28N2O3.2ClH/c1-4-6-17-8-11-23(29-24(28)16(3)26)21(14-17)19-9-10-20(22(27)12-13-25)18(15-19)7-5-2;;/h4-5,8-11,14-16H,1-2,6-7,12-13,25-26H2,3H3;2*1H. The van der Waals surface area contributed by atoms with Gasteiger partial charge in [-0.2, -0.15) is 0 Å². The number of hydrogen-bond donors (Lipinski definition) is 2. The van der Waals surface area contributed by atoms with Gasteiger partial charge in [-0.05, 0) is 61.2 Å². The maximum Gasteiger partial charge on any atom is 0.328 e. The summed E-state index contributed by atoms with van der Waals surface area (Å²) in [6.45, 7) is 9.45. The molecule has 0 spiro atoms. The number of allylic oxidation sites excluding steroid dienone is 2. The molecular weight excluding hydrogens is 435 g/mol. The van der Waals surface area contributed by atoms with E-state index in [0.29, 0.717) is 30.7 Å². The number of carbonyl (C=O) groups excluding carboxylic acids is 2. The maximum atomic E-state index is 12.4. The number of rotatable bonds is 10. The van der Waals surface area contributed by atoms with E-state index in [1.165, 1.54) is 0 Å². The van der Waals surface area contributed by atoms with Crippen molar-refractivity contribution in [2.75, 3.05) is 6.54 Å². The average Bonchev–Trinajstić information content (AvgIpc) is 2.69. The minimum absolute atomic E-state index is 0. The van der Waals surface area contributed by atoms with Crippen LogP contribution in [0.1, 0.15) is 34.8 Å². The third-order valence-corrected chi connectivity index (χ3v) is 4.46. The lowest BCUT2D eigenvalue weighted by atomic mass is 9.93. The number of benzene rings is 2. The molecule has 0 aliphatic heterocycles. The van der Waals surface area contributed by atoms with Crippen LogP contribution in [0.15, 0.2) is 61.7 Å². The Morgan fingerprint density at radius 1 is 1.06 bits per heavy atom. The van der Waals surface area contributed by atoms with Crippen molar-refractivity contribution in [3.05, 3.63) is 78.4 Å². The molecule has 0 saturated heterocycles. The van der Waals surface area contributed by atoms with Crippen LogP contribution in [0, 0.1) is 0 Å². The Kier molecular flexibility index (Phi) is 12.7. The van der Waals surface area contributed by atoms with Crippen molar-refractivity contribution in [1.29, 1.82) is 0 Å². The summed E-state index contributed by atoms with van der Waals surface area (Å²) in [5.41, 5.74) is 15.3. The lowest BCUT2D eigenvalue weighted by Crippen LogP contribution is -2.31. The molecule has 0 fully saturated rings. The Morgan fingerprint density at radius 3 is 2.32 bits per heavy atom. The third-order valence-electron chi connectivity index (χ3n) is 4.46. The number of carbonyl (C=O) groups is 2. The molecule has 4 N–H and O–H groups in total. The number of hydrogen-bond acceptors (Lipinski definition) is 5. The summed E-state index contributed by atoms with van der Waals surface area (Å²) in [4.78, 5) is 24.5. The van der Waals surface area contributed by atoms with E-state index < -0.39 is 12.0 Å². The van der Waals surface area contributed by atoms with E-state index in [2.05, 4.69) is 13.2 Å². The summed E-state index contributed by atoms with van der Waals surface area (Å²) in [5, 5.41) is 0. The highest BCUT2D eigenvalue weighted by Gasteiger charge is 2.17. The molecule has 1 atom stereocenters. The van der Waals surface area contributed by atoms with Gasteiger partial charge in [0.1, 0.15) is 11.8 Å². The van der Waals surface area contributed by atoms with Crippen LogP contribution < -0.4 is 16.2 Å².